The summed E-state index contributed by atoms with van der Waals surface area (Å²) in [5, 5.41) is 7.46. The third-order valence-electron chi connectivity index (χ3n) is 5.74. The summed E-state index contributed by atoms with van der Waals surface area (Å²) in [4.78, 5) is 25.3. The smallest absolute Gasteiger partial charge is 0.321 e. The lowest BCUT2D eigenvalue weighted by Gasteiger charge is -2.26. The van der Waals surface area contributed by atoms with Crippen molar-refractivity contribution in [2.24, 2.45) is 0 Å². The predicted molar refractivity (Wildman–Crippen MR) is 112 cm³/mol. The number of likely N-dealkylation sites (tertiary alicyclic amines) is 1. The van der Waals surface area contributed by atoms with E-state index in [-0.39, 0.29) is 6.03 Å². The van der Waals surface area contributed by atoms with Crippen molar-refractivity contribution in [3.63, 3.8) is 0 Å². The molecule has 156 valence electrons. The zero-order valence-corrected chi connectivity index (χ0v) is 16.7. The number of anilines is 2. The Balaban J connectivity index is 1.40. The van der Waals surface area contributed by atoms with Gasteiger partial charge in [0.1, 0.15) is 5.82 Å². The standard InChI is InChI=1S/C21H24FN7O/c22-17-7-6-15(24-21(30)28-10-2-1-3-11-28)12-16(17)18-14-29-20(25-18)23-13-19(26-29)27-8-4-5-9-27/h6-7,12-14H,1-5,8-11H2,(H,24,30). The molecule has 0 radical (unpaired) electrons. The molecule has 2 amide bonds. The SMILES string of the molecule is O=C(Nc1ccc(F)c(-c2cn3nc(N4CCCC4)cnc3n2)c1)N1CCCCC1. The van der Waals surface area contributed by atoms with Gasteiger partial charge in [0.05, 0.1) is 18.1 Å². The minimum absolute atomic E-state index is 0.152. The molecule has 30 heavy (non-hydrogen) atoms. The maximum Gasteiger partial charge on any atom is 0.321 e. The van der Waals surface area contributed by atoms with Gasteiger partial charge in [-0.15, -0.1) is 5.10 Å². The number of carbonyl (C=O) groups is 1. The van der Waals surface area contributed by atoms with Crippen molar-refractivity contribution in [3.8, 4) is 11.3 Å². The predicted octanol–water partition coefficient (Wildman–Crippen LogP) is 3.55. The van der Waals surface area contributed by atoms with Gasteiger partial charge in [-0.1, -0.05) is 0 Å². The van der Waals surface area contributed by atoms with E-state index in [4.69, 9.17) is 0 Å². The Labute approximate surface area is 173 Å². The van der Waals surface area contributed by atoms with Gasteiger partial charge in [0, 0.05) is 37.4 Å². The molecular weight excluding hydrogens is 385 g/mol. The number of halogens is 1. The minimum Gasteiger partial charge on any atom is -0.354 e. The molecule has 4 heterocycles. The molecular formula is C21H24FN7O. The topological polar surface area (TPSA) is 78.7 Å². The highest BCUT2D eigenvalue weighted by Crippen LogP contribution is 2.26. The molecule has 0 unspecified atom stereocenters. The Hall–Kier alpha value is -3.23. The van der Waals surface area contributed by atoms with E-state index in [2.05, 4.69) is 25.3 Å². The van der Waals surface area contributed by atoms with Crippen molar-refractivity contribution in [2.45, 2.75) is 32.1 Å². The number of benzene rings is 1. The van der Waals surface area contributed by atoms with Crippen molar-refractivity contribution in [1.29, 1.82) is 0 Å². The molecule has 1 N–H and O–H groups in total. The molecule has 0 atom stereocenters. The lowest BCUT2D eigenvalue weighted by atomic mass is 10.1. The molecule has 2 saturated heterocycles. The third-order valence-corrected chi connectivity index (χ3v) is 5.74. The molecule has 2 aliphatic rings. The number of fused-ring (bicyclic) bond motifs is 1. The van der Waals surface area contributed by atoms with Crippen molar-refractivity contribution < 1.29 is 9.18 Å². The van der Waals surface area contributed by atoms with Gasteiger partial charge >= 0.3 is 6.03 Å². The molecule has 0 aliphatic carbocycles. The first-order valence-electron chi connectivity index (χ1n) is 10.5. The number of piperidine rings is 1. The Morgan fingerprint density at radius 2 is 1.80 bits per heavy atom. The maximum atomic E-state index is 14.6. The molecule has 2 fully saturated rings. The van der Waals surface area contributed by atoms with Gasteiger partial charge in [0.25, 0.3) is 5.78 Å². The van der Waals surface area contributed by atoms with Crippen LogP contribution in [0, 0.1) is 5.82 Å². The van der Waals surface area contributed by atoms with Crippen molar-refractivity contribution in [3.05, 3.63) is 36.4 Å². The summed E-state index contributed by atoms with van der Waals surface area (Å²) in [6.45, 7) is 3.44. The fourth-order valence-corrected chi connectivity index (χ4v) is 4.09. The quantitative estimate of drug-likeness (QED) is 0.716. The molecule has 1 aromatic carbocycles. The summed E-state index contributed by atoms with van der Waals surface area (Å²) in [5.41, 5.74) is 1.28. The molecule has 2 aromatic heterocycles. The lowest BCUT2D eigenvalue weighted by Crippen LogP contribution is -2.38. The number of amides is 2. The van der Waals surface area contributed by atoms with Crippen molar-refractivity contribution in [2.75, 3.05) is 36.4 Å². The van der Waals surface area contributed by atoms with Gasteiger partial charge in [-0.05, 0) is 50.3 Å². The first-order chi connectivity index (χ1) is 14.7. The van der Waals surface area contributed by atoms with Crippen LogP contribution in [0.3, 0.4) is 0 Å². The van der Waals surface area contributed by atoms with Gasteiger partial charge in [-0.2, -0.15) is 0 Å². The van der Waals surface area contributed by atoms with Crippen LogP contribution in [0.4, 0.5) is 20.7 Å². The third kappa shape index (κ3) is 3.67. The second-order valence-corrected chi connectivity index (χ2v) is 7.85. The number of nitrogens with zero attached hydrogens (tertiary/aromatic N) is 6. The average Bonchev–Trinajstić information content (AvgIpc) is 3.45. The summed E-state index contributed by atoms with van der Waals surface area (Å²) in [7, 11) is 0. The zero-order valence-electron chi connectivity index (χ0n) is 16.7. The fraction of sp³-hybridized carbons (Fsp3) is 0.429. The Bertz CT molecular complexity index is 1070. The summed E-state index contributed by atoms with van der Waals surface area (Å²) in [6.07, 6.45) is 8.87. The molecule has 3 aromatic rings. The van der Waals surface area contributed by atoms with Gasteiger partial charge in [0.15, 0.2) is 5.82 Å². The average molecular weight is 409 g/mol. The summed E-state index contributed by atoms with van der Waals surface area (Å²) in [6, 6.07) is 4.38. The van der Waals surface area contributed by atoms with E-state index < -0.39 is 5.82 Å². The summed E-state index contributed by atoms with van der Waals surface area (Å²) in [5.74, 6) is 0.802. The number of carbonyl (C=O) groups excluding carboxylic acids is 1. The second kappa shape index (κ2) is 7.89. The molecule has 0 saturated carbocycles. The molecule has 0 spiro atoms. The number of aromatic nitrogens is 4. The Morgan fingerprint density at radius 1 is 1.03 bits per heavy atom. The van der Waals surface area contributed by atoms with Crippen LogP contribution in [0.5, 0.6) is 0 Å². The van der Waals surface area contributed by atoms with Crippen LogP contribution in [-0.4, -0.2) is 56.7 Å². The fourth-order valence-electron chi connectivity index (χ4n) is 4.09. The molecule has 2 aliphatic heterocycles. The van der Waals surface area contributed by atoms with E-state index in [1.54, 1.807) is 33.9 Å². The second-order valence-electron chi connectivity index (χ2n) is 7.85. The molecule has 9 heteroatoms. The van der Waals surface area contributed by atoms with E-state index in [9.17, 15) is 9.18 Å². The highest BCUT2D eigenvalue weighted by molar-refractivity contribution is 5.90. The summed E-state index contributed by atoms with van der Waals surface area (Å²) < 4.78 is 16.2. The molecule has 8 nitrogen and oxygen atoms in total. The van der Waals surface area contributed by atoms with Crippen LogP contribution in [0.25, 0.3) is 17.0 Å². The van der Waals surface area contributed by atoms with Crippen LogP contribution in [-0.2, 0) is 0 Å². The molecule has 0 bridgehead atoms. The van der Waals surface area contributed by atoms with Crippen LogP contribution >= 0.6 is 0 Å². The monoisotopic (exact) mass is 409 g/mol. The number of nitrogens with one attached hydrogen (secondary N) is 1. The van der Waals surface area contributed by atoms with E-state index >= 15 is 0 Å². The van der Waals surface area contributed by atoms with Crippen LogP contribution < -0.4 is 10.2 Å². The number of urea groups is 1. The Kier molecular flexibility index (Phi) is 4.94. The molecule has 5 rings (SSSR count). The zero-order chi connectivity index (χ0) is 20.5. The highest BCUT2D eigenvalue weighted by Gasteiger charge is 2.19. The van der Waals surface area contributed by atoms with Gasteiger partial charge in [0.2, 0.25) is 0 Å². The maximum absolute atomic E-state index is 14.6. The highest BCUT2D eigenvalue weighted by atomic mass is 19.1. The number of hydrogen-bond acceptors (Lipinski definition) is 5. The summed E-state index contributed by atoms with van der Waals surface area (Å²) >= 11 is 0. The first kappa shape index (κ1) is 18.8. The van der Waals surface area contributed by atoms with Crippen LogP contribution in [0.1, 0.15) is 32.1 Å². The first-order valence-corrected chi connectivity index (χ1v) is 10.5. The number of hydrogen-bond donors (Lipinski definition) is 1. The normalized spacial score (nSPS) is 17.0. The van der Waals surface area contributed by atoms with Gasteiger partial charge in [-0.25, -0.2) is 23.7 Å². The number of rotatable bonds is 3. The van der Waals surface area contributed by atoms with E-state index in [1.807, 2.05) is 0 Å². The van der Waals surface area contributed by atoms with E-state index in [0.29, 0.717) is 22.7 Å². The minimum atomic E-state index is -0.408. The van der Waals surface area contributed by atoms with Crippen molar-refractivity contribution in [1.82, 2.24) is 24.5 Å². The van der Waals surface area contributed by atoms with Gasteiger partial charge < -0.3 is 15.1 Å². The van der Waals surface area contributed by atoms with E-state index in [1.165, 1.54) is 6.07 Å². The van der Waals surface area contributed by atoms with Crippen LogP contribution in [0.2, 0.25) is 0 Å². The number of imidazole rings is 1. The lowest BCUT2D eigenvalue weighted by molar-refractivity contribution is 0.200. The van der Waals surface area contributed by atoms with Crippen LogP contribution in [0.15, 0.2) is 30.6 Å². The van der Waals surface area contributed by atoms with Gasteiger partial charge in [-0.3, -0.25) is 0 Å². The van der Waals surface area contributed by atoms with Crippen molar-refractivity contribution >= 4 is 23.3 Å². The van der Waals surface area contributed by atoms with E-state index in [0.717, 1.165) is 64.1 Å². The Morgan fingerprint density at radius 3 is 2.60 bits per heavy atom. The largest absolute Gasteiger partial charge is 0.354 e.